The van der Waals surface area contributed by atoms with E-state index in [1.54, 1.807) is 6.07 Å². The maximum Gasteiger partial charge on any atom is 0.387 e. The lowest BCUT2D eigenvalue weighted by Crippen LogP contribution is -2.05. The molecule has 0 unspecified atom stereocenters. The van der Waals surface area contributed by atoms with Gasteiger partial charge in [-0.05, 0) is 23.7 Å². The van der Waals surface area contributed by atoms with E-state index >= 15 is 0 Å². The summed E-state index contributed by atoms with van der Waals surface area (Å²) in [5, 5.41) is 2.35. The standard InChI is InChI=1S/C11H7ClF3N3O/c12-10-16-5-6(13)9(18-10)17-7-3-1-2-4-8(7)19-11(14)15/h1-5,11H,(H,16,17,18). The number of rotatable bonds is 4. The molecular formula is C11H7ClF3N3O. The van der Waals surface area contributed by atoms with Crippen molar-refractivity contribution in [2.75, 3.05) is 5.32 Å². The number of benzene rings is 1. The first kappa shape index (κ1) is 13.4. The number of ether oxygens (including phenoxy) is 1. The number of halogens is 4. The molecule has 19 heavy (non-hydrogen) atoms. The molecule has 1 heterocycles. The highest BCUT2D eigenvalue weighted by Gasteiger charge is 2.12. The molecule has 0 aliphatic heterocycles. The average molecular weight is 290 g/mol. The summed E-state index contributed by atoms with van der Waals surface area (Å²) in [6, 6.07) is 5.83. The molecule has 2 rings (SSSR count). The highest BCUT2D eigenvalue weighted by molar-refractivity contribution is 6.28. The van der Waals surface area contributed by atoms with Crippen molar-refractivity contribution in [2.24, 2.45) is 0 Å². The Bertz CT molecular complexity index is 583. The van der Waals surface area contributed by atoms with Gasteiger partial charge in [0.1, 0.15) is 5.75 Å². The minimum atomic E-state index is -2.98. The molecule has 0 saturated carbocycles. The van der Waals surface area contributed by atoms with Crippen LogP contribution in [-0.4, -0.2) is 16.6 Å². The maximum atomic E-state index is 13.4. The normalized spacial score (nSPS) is 10.6. The summed E-state index contributed by atoms with van der Waals surface area (Å²) in [6.45, 7) is -2.98. The number of nitrogens with zero attached hydrogens (tertiary/aromatic N) is 2. The second kappa shape index (κ2) is 5.75. The summed E-state index contributed by atoms with van der Waals surface area (Å²) in [6.07, 6.45) is 0.869. The number of anilines is 2. The van der Waals surface area contributed by atoms with E-state index in [0.29, 0.717) is 0 Å². The van der Waals surface area contributed by atoms with E-state index in [9.17, 15) is 13.2 Å². The largest absolute Gasteiger partial charge is 0.433 e. The number of alkyl halides is 2. The van der Waals surface area contributed by atoms with Crippen molar-refractivity contribution < 1.29 is 17.9 Å². The predicted molar refractivity (Wildman–Crippen MR) is 63.4 cm³/mol. The van der Waals surface area contributed by atoms with Crippen molar-refractivity contribution in [3.63, 3.8) is 0 Å². The van der Waals surface area contributed by atoms with Crippen LogP contribution >= 0.6 is 11.6 Å². The highest BCUT2D eigenvalue weighted by atomic mass is 35.5. The van der Waals surface area contributed by atoms with E-state index in [0.717, 1.165) is 6.20 Å². The van der Waals surface area contributed by atoms with E-state index in [1.807, 2.05) is 0 Å². The highest BCUT2D eigenvalue weighted by Crippen LogP contribution is 2.29. The van der Waals surface area contributed by atoms with Crippen LogP contribution in [0.25, 0.3) is 0 Å². The van der Waals surface area contributed by atoms with Crippen LogP contribution in [0, 0.1) is 5.82 Å². The zero-order valence-corrected chi connectivity index (χ0v) is 10.0. The Morgan fingerprint density at radius 2 is 2.00 bits per heavy atom. The molecule has 0 aliphatic rings. The molecule has 0 radical (unpaired) electrons. The molecule has 0 atom stereocenters. The second-order valence-electron chi connectivity index (χ2n) is 3.34. The van der Waals surface area contributed by atoms with Crippen molar-refractivity contribution in [1.29, 1.82) is 0 Å². The average Bonchev–Trinajstić information content (AvgIpc) is 2.35. The fourth-order valence-electron chi connectivity index (χ4n) is 1.33. The molecule has 1 N–H and O–H groups in total. The van der Waals surface area contributed by atoms with Gasteiger partial charge in [-0.25, -0.2) is 9.37 Å². The molecule has 1 aromatic carbocycles. The molecule has 0 fully saturated rings. The topological polar surface area (TPSA) is 47.0 Å². The van der Waals surface area contributed by atoms with Crippen molar-refractivity contribution in [1.82, 2.24) is 9.97 Å². The van der Waals surface area contributed by atoms with Crippen LogP contribution in [0.15, 0.2) is 30.5 Å². The third kappa shape index (κ3) is 3.47. The van der Waals surface area contributed by atoms with Gasteiger partial charge in [0.2, 0.25) is 5.28 Å². The quantitative estimate of drug-likeness (QED) is 0.873. The van der Waals surface area contributed by atoms with Gasteiger partial charge in [-0.2, -0.15) is 13.8 Å². The van der Waals surface area contributed by atoms with E-state index in [2.05, 4.69) is 20.0 Å². The molecule has 100 valence electrons. The van der Waals surface area contributed by atoms with Crippen molar-refractivity contribution in [2.45, 2.75) is 6.61 Å². The van der Waals surface area contributed by atoms with Crippen molar-refractivity contribution >= 4 is 23.1 Å². The minimum Gasteiger partial charge on any atom is -0.433 e. The van der Waals surface area contributed by atoms with Gasteiger partial charge in [0.15, 0.2) is 11.6 Å². The molecule has 0 bridgehead atoms. The van der Waals surface area contributed by atoms with Gasteiger partial charge in [0.25, 0.3) is 0 Å². The summed E-state index contributed by atoms with van der Waals surface area (Å²) in [4.78, 5) is 7.05. The first-order chi connectivity index (χ1) is 9.06. The zero-order chi connectivity index (χ0) is 13.8. The number of aromatic nitrogens is 2. The minimum absolute atomic E-state index is 0.133. The van der Waals surface area contributed by atoms with E-state index in [4.69, 9.17) is 11.6 Å². The number of hydrogen-bond donors (Lipinski definition) is 1. The molecule has 4 nitrogen and oxygen atoms in total. The van der Waals surface area contributed by atoms with Gasteiger partial charge in [0, 0.05) is 0 Å². The first-order valence-corrected chi connectivity index (χ1v) is 5.43. The van der Waals surface area contributed by atoms with E-state index < -0.39 is 12.4 Å². The smallest absolute Gasteiger partial charge is 0.387 e. The van der Waals surface area contributed by atoms with E-state index in [1.165, 1.54) is 18.2 Å². The van der Waals surface area contributed by atoms with Gasteiger partial charge in [0.05, 0.1) is 11.9 Å². The van der Waals surface area contributed by atoms with Crippen LogP contribution in [0.1, 0.15) is 0 Å². The van der Waals surface area contributed by atoms with Gasteiger partial charge < -0.3 is 10.1 Å². The zero-order valence-electron chi connectivity index (χ0n) is 9.28. The molecule has 0 aliphatic carbocycles. The summed E-state index contributed by atoms with van der Waals surface area (Å²) in [5.41, 5.74) is 0.136. The van der Waals surface area contributed by atoms with Gasteiger partial charge in [-0.15, -0.1) is 0 Å². The maximum absolute atomic E-state index is 13.4. The number of nitrogens with one attached hydrogen (secondary N) is 1. The fraction of sp³-hybridized carbons (Fsp3) is 0.0909. The molecule has 1 aromatic heterocycles. The van der Waals surface area contributed by atoms with Crippen LogP contribution in [0.2, 0.25) is 5.28 Å². The summed E-state index contributed by atoms with van der Waals surface area (Å²) < 4.78 is 42.1. The molecule has 0 saturated heterocycles. The first-order valence-electron chi connectivity index (χ1n) is 5.05. The lowest BCUT2D eigenvalue weighted by atomic mass is 10.3. The summed E-state index contributed by atoms with van der Waals surface area (Å²) in [5.74, 6) is -1.13. The van der Waals surface area contributed by atoms with Crippen LogP contribution in [0.4, 0.5) is 24.7 Å². The Morgan fingerprint density at radius 3 is 2.74 bits per heavy atom. The Kier molecular flexibility index (Phi) is 4.06. The fourth-order valence-corrected chi connectivity index (χ4v) is 1.46. The van der Waals surface area contributed by atoms with Crippen LogP contribution in [0.3, 0.4) is 0 Å². The van der Waals surface area contributed by atoms with Gasteiger partial charge in [-0.1, -0.05) is 12.1 Å². The Balaban J connectivity index is 2.30. The van der Waals surface area contributed by atoms with E-state index in [-0.39, 0.29) is 22.5 Å². The SMILES string of the molecule is Fc1cnc(Cl)nc1Nc1ccccc1OC(F)F. The lowest BCUT2D eigenvalue weighted by molar-refractivity contribution is -0.0493. The molecule has 0 spiro atoms. The van der Waals surface area contributed by atoms with Crippen molar-refractivity contribution in [3.05, 3.63) is 41.6 Å². The molecule has 0 amide bonds. The van der Waals surface area contributed by atoms with Crippen molar-refractivity contribution in [3.8, 4) is 5.75 Å². The third-order valence-electron chi connectivity index (χ3n) is 2.07. The van der Waals surface area contributed by atoms with Gasteiger partial charge >= 0.3 is 6.61 Å². The van der Waals surface area contributed by atoms with Gasteiger partial charge in [-0.3, -0.25) is 0 Å². The summed E-state index contributed by atoms with van der Waals surface area (Å²) in [7, 11) is 0. The van der Waals surface area contributed by atoms with Crippen LogP contribution in [-0.2, 0) is 0 Å². The number of hydrogen-bond acceptors (Lipinski definition) is 4. The number of para-hydroxylation sites is 2. The second-order valence-corrected chi connectivity index (χ2v) is 3.67. The Labute approximate surface area is 111 Å². The molecular weight excluding hydrogens is 283 g/mol. The molecule has 8 heteroatoms. The third-order valence-corrected chi connectivity index (χ3v) is 2.25. The van der Waals surface area contributed by atoms with Crippen LogP contribution in [0.5, 0.6) is 5.75 Å². The monoisotopic (exact) mass is 289 g/mol. The Morgan fingerprint density at radius 1 is 1.26 bits per heavy atom. The van der Waals surface area contributed by atoms with Crippen LogP contribution < -0.4 is 10.1 Å². The summed E-state index contributed by atoms with van der Waals surface area (Å²) >= 11 is 5.53. The predicted octanol–water partition coefficient (Wildman–Crippen LogP) is 3.61. The Hall–Kier alpha value is -2.02. The molecule has 2 aromatic rings. The lowest BCUT2D eigenvalue weighted by Gasteiger charge is -2.12.